The van der Waals surface area contributed by atoms with Crippen molar-refractivity contribution in [1.29, 1.82) is 0 Å². The maximum Gasteiger partial charge on any atom is 2.00 e. The van der Waals surface area contributed by atoms with E-state index in [1.807, 2.05) is 24.3 Å². The van der Waals surface area contributed by atoms with Crippen molar-refractivity contribution < 1.29 is 64.1 Å². The predicted octanol–water partition coefficient (Wildman–Crippen LogP) is 13.1. The quantitative estimate of drug-likeness (QED) is 0.0152. The van der Waals surface area contributed by atoms with E-state index in [0.717, 1.165) is 113 Å². The van der Waals surface area contributed by atoms with Gasteiger partial charge >= 0.3 is 61.6 Å². The molecule has 0 saturated heterocycles. The molecule has 2 aromatic carbocycles. The topological polar surface area (TPSA) is 220 Å². The van der Waals surface area contributed by atoms with E-state index in [4.69, 9.17) is 18.9 Å². The number of allylic oxidation sites excluding steroid dienone is 4. The minimum atomic E-state index is -4.81. The van der Waals surface area contributed by atoms with Crippen molar-refractivity contribution in [1.82, 2.24) is 0 Å². The Kier molecular flexibility index (Phi) is 41.4. The molecular formula is C56H82CaO14S2. The first-order valence-electron chi connectivity index (χ1n) is 26.1. The van der Waals surface area contributed by atoms with Gasteiger partial charge in [0.05, 0.1) is 32.0 Å². The molecule has 0 fully saturated rings. The van der Waals surface area contributed by atoms with Crippen molar-refractivity contribution in [2.75, 3.05) is 26.4 Å². The third kappa shape index (κ3) is 33.8. The summed E-state index contributed by atoms with van der Waals surface area (Å²) < 4.78 is 89.4. The van der Waals surface area contributed by atoms with Crippen LogP contribution in [-0.4, -0.2) is 114 Å². The van der Waals surface area contributed by atoms with Crippen LogP contribution in [0.5, 0.6) is 0 Å². The molecule has 0 atom stereocenters. The van der Waals surface area contributed by atoms with Gasteiger partial charge < -0.3 is 28.1 Å². The van der Waals surface area contributed by atoms with Crippen LogP contribution in [0, 0.1) is 0 Å². The van der Waals surface area contributed by atoms with E-state index in [0.29, 0.717) is 0 Å². The summed E-state index contributed by atoms with van der Waals surface area (Å²) in [4.78, 5) is 49.1. The molecule has 0 aliphatic carbocycles. The molecule has 0 saturated carbocycles. The summed E-state index contributed by atoms with van der Waals surface area (Å²) >= 11 is 0. The van der Waals surface area contributed by atoms with Gasteiger partial charge in [0.25, 0.3) is 0 Å². The number of carbonyl (C=O) groups is 4. The summed E-state index contributed by atoms with van der Waals surface area (Å²) in [5.74, 6) is -3.40. The fourth-order valence-corrected chi connectivity index (χ4v) is 8.06. The molecule has 0 heterocycles. The van der Waals surface area contributed by atoms with Crippen molar-refractivity contribution in [3.8, 4) is 0 Å². The van der Waals surface area contributed by atoms with E-state index in [2.05, 4.69) is 27.7 Å². The van der Waals surface area contributed by atoms with Crippen LogP contribution >= 0.6 is 0 Å². The molecule has 0 spiro atoms. The third-order valence-electron chi connectivity index (χ3n) is 11.2. The van der Waals surface area contributed by atoms with Gasteiger partial charge in [0, 0.05) is 0 Å². The normalized spacial score (nSPS) is 11.7. The standard InChI is InChI=1S/2C28H42O7S.Ca/c2*1-3-5-7-9-11-13-15-17-21-34-27(29)25-20-19-24(36(31,32)33)23-26(25)28(30)35-22-18-16-14-12-10-8-6-4-2;/h2*15-20,23H,3-14,21-22H2,1-2H3,(H,31,32,33);/q;;+2/p-2/b2*17-15+,18-16+;. The maximum atomic E-state index is 12.6. The Morgan fingerprint density at radius 3 is 0.836 bits per heavy atom. The van der Waals surface area contributed by atoms with E-state index >= 15 is 0 Å². The first kappa shape index (κ1) is 69.4. The van der Waals surface area contributed by atoms with Gasteiger partial charge in [-0.15, -0.1) is 0 Å². The smallest absolute Gasteiger partial charge is 0.744 e. The van der Waals surface area contributed by atoms with Crippen LogP contribution in [0.25, 0.3) is 0 Å². The fraction of sp³-hybridized carbons (Fsp3) is 0.571. The summed E-state index contributed by atoms with van der Waals surface area (Å²) in [6, 6.07) is 5.91. The molecule has 73 heavy (non-hydrogen) atoms. The van der Waals surface area contributed by atoms with Crippen molar-refractivity contribution in [2.24, 2.45) is 0 Å². The Morgan fingerprint density at radius 2 is 0.603 bits per heavy atom. The van der Waals surface area contributed by atoms with E-state index < -0.39 is 53.9 Å². The number of rotatable bonds is 38. The number of unbranched alkanes of at least 4 members (excludes halogenated alkanes) is 20. The molecule has 0 aliphatic rings. The van der Waals surface area contributed by atoms with Gasteiger partial charge in [0.2, 0.25) is 0 Å². The molecule has 2 aromatic rings. The zero-order chi connectivity index (χ0) is 53.3. The summed E-state index contributed by atoms with van der Waals surface area (Å²) in [5, 5.41) is 0. The Bertz CT molecular complexity index is 2060. The molecule has 2 rings (SSSR count). The van der Waals surface area contributed by atoms with Crippen LogP contribution < -0.4 is 0 Å². The Morgan fingerprint density at radius 1 is 0.370 bits per heavy atom. The van der Waals surface area contributed by atoms with Gasteiger partial charge in [-0.1, -0.05) is 179 Å². The number of hydrogen-bond donors (Lipinski definition) is 0. The van der Waals surface area contributed by atoms with Gasteiger partial charge in [-0.25, -0.2) is 36.0 Å². The fourth-order valence-electron chi connectivity index (χ4n) is 7.06. The average Bonchev–Trinajstić information content (AvgIpc) is 3.35. The summed E-state index contributed by atoms with van der Waals surface area (Å²) in [7, 11) is -9.63. The molecule has 0 N–H and O–H groups in total. The summed E-state index contributed by atoms with van der Waals surface area (Å²) in [6.07, 6.45) is 41.5. The number of benzene rings is 2. The molecule has 17 heteroatoms. The molecule has 0 amide bonds. The number of carbonyl (C=O) groups excluding carboxylic acids is 4. The Hall–Kier alpha value is -3.64. The van der Waals surface area contributed by atoms with E-state index in [9.17, 15) is 45.1 Å². The van der Waals surface area contributed by atoms with Gasteiger partial charge in [0.1, 0.15) is 46.7 Å². The monoisotopic (exact) mass is 1080 g/mol. The van der Waals surface area contributed by atoms with Gasteiger partial charge in [-0.3, -0.25) is 0 Å². The van der Waals surface area contributed by atoms with Crippen molar-refractivity contribution >= 4 is 81.9 Å². The molecule has 0 bridgehead atoms. The molecule has 14 nitrogen and oxygen atoms in total. The van der Waals surface area contributed by atoms with Crippen LogP contribution in [0.15, 0.2) is 94.8 Å². The second-order valence-corrected chi connectivity index (χ2v) is 20.2. The first-order valence-corrected chi connectivity index (χ1v) is 28.9. The molecule has 0 unspecified atom stereocenters. The van der Waals surface area contributed by atoms with E-state index in [1.165, 1.54) is 77.0 Å². The SMILES string of the molecule is CCCCCCC/C=C/COC(=O)c1ccc(S(=O)(=O)[O-])cc1C(=O)OC/C=C/CCCCCCC.CCCCCCC/C=C/COC(=O)c1ccc(S(=O)(=O)[O-])cc1C(=O)OC/C=C/CCCCCCC.[Ca+2]. The molecular weight excluding hydrogens is 1000 g/mol. The molecule has 0 radical (unpaired) electrons. The summed E-state index contributed by atoms with van der Waals surface area (Å²) in [6.45, 7) is 8.64. The van der Waals surface area contributed by atoms with E-state index in [1.54, 1.807) is 24.3 Å². The largest absolute Gasteiger partial charge is 2.00 e. The van der Waals surface area contributed by atoms with Gasteiger partial charge in [-0.2, -0.15) is 0 Å². The summed E-state index contributed by atoms with van der Waals surface area (Å²) in [5.41, 5.74) is -0.935. The van der Waals surface area contributed by atoms with Crippen LogP contribution in [0.1, 0.15) is 223 Å². The third-order valence-corrected chi connectivity index (χ3v) is 12.9. The van der Waals surface area contributed by atoms with Crippen LogP contribution in [-0.2, 0) is 39.2 Å². The molecule has 0 aromatic heterocycles. The molecule has 404 valence electrons. The van der Waals surface area contributed by atoms with Crippen molar-refractivity contribution in [2.45, 2.75) is 192 Å². The van der Waals surface area contributed by atoms with Crippen molar-refractivity contribution in [3.05, 3.63) is 107 Å². The Labute approximate surface area is 467 Å². The molecule has 0 aliphatic heterocycles. The first-order chi connectivity index (χ1) is 34.6. The zero-order valence-electron chi connectivity index (χ0n) is 44.1. The van der Waals surface area contributed by atoms with Crippen molar-refractivity contribution in [3.63, 3.8) is 0 Å². The van der Waals surface area contributed by atoms with Crippen LogP contribution in [0.3, 0.4) is 0 Å². The predicted molar refractivity (Wildman–Crippen MR) is 286 cm³/mol. The minimum absolute atomic E-state index is 0. The zero-order valence-corrected chi connectivity index (χ0v) is 48.0. The second kappa shape index (κ2) is 43.6. The van der Waals surface area contributed by atoms with Gasteiger partial charge in [-0.05, 0) is 87.8 Å². The van der Waals surface area contributed by atoms with Crippen LogP contribution in [0.4, 0.5) is 0 Å². The van der Waals surface area contributed by atoms with E-state index in [-0.39, 0.29) is 86.4 Å². The Balaban J connectivity index is 0.00000140. The number of ether oxygens (including phenoxy) is 4. The number of hydrogen-bond acceptors (Lipinski definition) is 14. The second-order valence-electron chi connectivity index (χ2n) is 17.4. The average molecular weight is 1080 g/mol. The maximum absolute atomic E-state index is 12.6. The van der Waals surface area contributed by atoms with Gasteiger partial charge in [0.15, 0.2) is 0 Å². The van der Waals surface area contributed by atoms with Crippen LogP contribution in [0.2, 0.25) is 0 Å². The number of esters is 4. The minimum Gasteiger partial charge on any atom is -0.744 e.